The summed E-state index contributed by atoms with van der Waals surface area (Å²) in [4.78, 5) is 4.34. The van der Waals surface area contributed by atoms with Crippen LogP contribution in [0.3, 0.4) is 0 Å². The Bertz CT molecular complexity index is 436. The molecular formula is C19H37N3O3. The number of hydrogen-bond acceptors (Lipinski definition) is 4. The lowest BCUT2D eigenvalue weighted by Crippen LogP contribution is -2.69. The molecule has 146 valence electrons. The highest BCUT2D eigenvalue weighted by molar-refractivity contribution is 5.80. The highest BCUT2D eigenvalue weighted by Crippen LogP contribution is 2.51. The summed E-state index contributed by atoms with van der Waals surface area (Å²) in [6.07, 6.45) is 4.23. The molecule has 1 saturated heterocycles. The molecule has 0 aromatic rings. The van der Waals surface area contributed by atoms with Crippen molar-refractivity contribution in [3.8, 4) is 0 Å². The van der Waals surface area contributed by atoms with E-state index >= 15 is 0 Å². The molecule has 1 saturated carbocycles. The smallest absolute Gasteiger partial charge is 0.191 e. The zero-order valence-corrected chi connectivity index (χ0v) is 16.7. The van der Waals surface area contributed by atoms with Gasteiger partial charge in [-0.25, -0.2) is 0 Å². The number of rotatable bonds is 8. The van der Waals surface area contributed by atoms with E-state index in [-0.39, 0.29) is 11.0 Å². The number of guanidine groups is 1. The summed E-state index contributed by atoms with van der Waals surface area (Å²) >= 11 is 0. The van der Waals surface area contributed by atoms with Crippen LogP contribution in [0.5, 0.6) is 0 Å². The van der Waals surface area contributed by atoms with E-state index in [0.717, 1.165) is 64.6 Å². The van der Waals surface area contributed by atoms with Gasteiger partial charge in [0.05, 0.1) is 5.60 Å². The van der Waals surface area contributed by atoms with E-state index in [1.165, 1.54) is 0 Å². The van der Waals surface area contributed by atoms with Crippen molar-refractivity contribution in [1.82, 2.24) is 10.6 Å². The van der Waals surface area contributed by atoms with E-state index in [4.69, 9.17) is 14.2 Å². The minimum Gasteiger partial charge on any atom is -0.381 e. The van der Waals surface area contributed by atoms with Crippen LogP contribution >= 0.6 is 0 Å². The lowest BCUT2D eigenvalue weighted by atomic mass is 9.56. The summed E-state index contributed by atoms with van der Waals surface area (Å²) in [6, 6.07) is 0.369. The molecule has 25 heavy (non-hydrogen) atoms. The number of ether oxygens (including phenoxy) is 3. The second-order valence-corrected chi connectivity index (χ2v) is 8.04. The molecule has 0 radical (unpaired) electrons. The zero-order valence-electron chi connectivity index (χ0n) is 16.7. The number of aliphatic imine (C=N–C) groups is 1. The van der Waals surface area contributed by atoms with Gasteiger partial charge in [-0.3, -0.25) is 4.99 Å². The first-order valence-corrected chi connectivity index (χ1v) is 9.61. The Labute approximate surface area is 153 Å². The van der Waals surface area contributed by atoms with Crippen LogP contribution in [-0.4, -0.2) is 64.7 Å². The fourth-order valence-corrected chi connectivity index (χ4v) is 3.63. The first-order valence-electron chi connectivity index (χ1n) is 9.61. The highest BCUT2D eigenvalue weighted by atomic mass is 16.5. The SMILES string of the molecule is CN=C(NCCCOCC1CCOCC1)NC1CC(C)(OC)C1(C)C. The van der Waals surface area contributed by atoms with Crippen molar-refractivity contribution < 1.29 is 14.2 Å². The quantitative estimate of drug-likeness (QED) is 0.397. The van der Waals surface area contributed by atoms with Gasteiger partial charge >= 0.3 is 0 Å². The summed E-state index contributed by atoms with van der Waals surface area (Å²) in [5, 5.41) is 6.92. The van der Waals surface area contributed by atoms with Crippen molar-refractivity contribution in [2.24, 2.45) is 16.3 Å². The fourth-order valence-electron chi connectivity index (χ4n) is 3.63. The van der Waals surface area contributed by atoms with Gasteiger partial charge in [0.25, 0.3) is 0 Å². The van der Waals surface area contributed by atoms with Crippen LogP contribution in [0.1, 0.15) is 46.5 Å². The fraction of sp³-hybridized carbons (Fsp3) is 0.947. The topological polar surface area (TPSA) is 64.1 Å². The molecule has 2 aliphatic rings. The Balaban J connectivity index is 1.58. The van der Waals surface area contributed by atoms with Gasteiger partial charge in [0.15, 0.2) is 5.96 Å². The summed E-state index contributed by atoms with van der Waals surface area (Å²) in [6.45, 7) is 11.0. The maximum atomic E-state index is 5.80. The minimum atomic E-state index is -0.0679. The van der Waals surface area contributed by atoms with Gasteiger partial charge in [0.1, 0.15) is 0 Å². The van der Waals surface area contributed by atoms with E-state index in [0.29, 0.717) is 12.0 Å². The van der Waals surface area contributed by atoms with Crippen LogP contribution in [0.15, 0.2) is 4.99 Å². The van der Waals surface area contributed by atoms with Crippen molar-refractivity contribution in [2.45, 2.75) is 58.1 Å². The second-order valence-electron chi connectivity index (χ2n) is 8.04. The van der Waals surface area contributed by atoms with Crippen molar-refractivity contribution in [3.05, 3.63) is 0 Å². The average Bonchev–Trinajstić information content (AvgIpc) is 2.63. The average molecular weight is 356 g/mol. The van der Waals surface area contributed by atoms with E-state index < -0.39 is 0 Å². The number of nitrogens with zero attached hydrogens (tertiary/aromatic N) is 1. The Kier molecular flexibility index (Phi) is 7.52. The van der Waals surface area contributed by atoms with E-state index in [2.05, 4.69) is 36.4 Å². The van der Waals surface area contributed by atoms with Gasteiger partial charge in [-0.15, -0.1) is 0 Å². The third-order valence-corrected chi connectivity index (χ3v) is 6.27. The summed E-state index contributed by atoms with van der Waals surface area (Å²) in [7, 11) is 3.61. The van der Waals surface area contributed by atoms with E-state index in [1.54, 1.807) is 7.11 Å². The van der Waals surface area contributed by atoms with Crippen LogP contribution in [0.25, 0.3) is 0 Å². The Morgan fingerprint density at radius 1 is 1.24 bits per heavy atom. The van der Waals surface area contributed by atoms with Gasteiger partial charge in [-0.05, 0) is 38.5 Å². The molecule has 1 heterocycles. The molecule has 1 aliphatic carbocycles. The third kappa shape index (κ3) is 5.08. The maximum absolute atomic E-state index is 5.80. The molecule has 6 heteroatoms. The highest BCUT2D eigenvalue weighted by Gasteiger charge is 2.58. The lowest BCUT2D eigenvalue weighted by molar-refractivity contribution is -0.176. The molecular weight excluding hydrogens is 318 g/mol. The number of methoxy groups -OCH3 is 1. The summed E-state index contributed by atoms with van der Waals surface area (Å²) in [5.74, 6) is 1.53. The largest absolute Gasteiger partial charge is 0.381 e. The molecule has 2 unspecified atom stereocenters. The number of hydrogen-bond donors (Lipinski definition) is 2. The normalized spacial score (nSPS) is 30.0. The van der Waals surface area contributed by atoms with Crippen LogP contribution in [0.2, 0.25) is 0 Å². The first-order chi connectivity index (χ1) is 11.9. The molecule has 2 fully saturated rings. The second kappa shape index (κ2) is 9.19. The van der Waals surface area contributed by atoms with E-state index in [9.17, 15) is 0 Å². The Hall–Kier alpha value is -0.850. The van der Waals surface area contributed by atoms with Gasteiger partial charge in [-0.1, -0.05) is 13.8 Å². The van der Waals surface area contributed by atoms with Crippen molar-refractivity contribution in [1.29, 1.82) is 0 Å². The molecule has 0 bridgehead atoms. The van der Waals surface area contributed by atoms with Crippen LogP contribution in [0.4, 0.5) is 0 Å². The van der Waals surface area contributed by atoms with Crippen LogP contribution < -0.4 is 10.6 Å². The molecule has 2 atom stereocenters. The zero-order chi connectivity index (χ0) is 18.3. The molecule has 2 N–H and O–H groups in total. The van der Waals surface area contributed by atoms with Crippen LogP contribution in [-0.2, 0) is 14.2 Å². The molecule has 1 aliphatic heterocycles. The van der Waals surface area contributed by atoms with Gasteiger partial charge in [-0.2, -0.15) is 0 Å². The van der Waals surface area contributed by atoms with Gasteiger partial charge in [0, 0.05) is 58.6 Å². The molecule has 0 aromatic carbocycles. The van der Waals surface area contributed by atoms with Gasteiger partial charge < -0.3 is 24.8 Å². The molecule has 0 aromatic heterocycles. The van der Waals surface area contributed by atoms with E-state index in [1.807, 2.05) is 7.05 Å². The van der Waals surface area contributed by atoms with Crippen molar-refractivity contribution in [2.75, 3.05) is 47.1 Å². The Morgan fingerprint density at radius 3 is 2.56 bits per heavy atom. The standard InChI is InChI=1S/C19H37N3O3/c1-18(2)16(13-19(18,3)23-5)22-17(20-4)21-9-6-10-25-14-15-7-11-24-12-8-15/h15-16H,6-14H2,1-5H3,(H2,20,21,22). The molecule has 0 amide bonds. The Morgan fingerprint density at radius 2 is 1.96 bits per heavy atom. The molecule has 0 spiro atoms. The monoisotopic (exact) mass is 355 g/mol. The van der Waals surface area contributed by atoms with Crippen LogP contribution in [0, 0.1) is 11.3 Å². The van der Waals surface area contributed by atoms with Gasteiger partial charge in [0.2, 0.25) is 0 Å². The minimum absolute atomic E-state index is 0.0679. The third-order valence-electron chi connectivity index (χ3n) is 6.27. The lowest BCUT2D eigenvalue weighted by Gasteiger charge is -2.59. The molecule has 6 nitrogen and oxygen atoms in total. The first kappa shape index (κ1) is 20.5. The molecule has 2 rings (SSSR count). The summed E-state index contributed by atoms with van der Waals surface area (Å²) < 4.78 is 16.9. The summed E-state index contributed by atoms with van der Waals surface area (Å²) in [5.41, 5.74) is 0.00765. The number of nitrogens with one attached hydrogen (secondary N) is 2. The maximum Gasteiger partial charge on any atom is 0.191 e. The predicted octanol–water partition coefficient (Wildman–Crippen LogP) is 2.19. The van der Waals surface area contributed by atoms with Crippen molar-refractivity contribution in [3.63, 3.8) is 0 Å². The predicted molar refractivity (Wildman–Crippen MR) is 101 cm³/mol. The van der Waals surface area contributed by atoms with Crippen molar-refractivity contribution >= 4 is 5.96 Å².